The first-order valence-corrected chi connectivity index (χ1v) is 19.6. The van der Waals surface area contributed by atoms with Gasteiger partial charge in [-0.05, 0) is 57.8 Å². The zero-order valence-corrected chi connectivity index (χ0v) is 31.0. The van der Waals surface area contributed by atoms with Gasteiger partial charge in [0, 0.05) is 12.8 Å². The fourth-order valence-electron chi connectivity index (χ4n) is 4.90. The van der Waals surface area contributed by atoms with E-state index in [4.69, 9.17) is 18.5 Å². The van der Waals surface area contributed by atoms with Crippen molar-refractivity contribution in [1.29, 1.82) is 0 Å². The maximum atomic E-state index is 12.6. The van der Waals surface area contributed by atoms with E-state index >= 15 is 0 Å². The van der Waals surface area contributed by atoms with Gasteiger partial charge in [0.05, 0.1) is 6.61 Å². The lowest BCUT2D eigenvalue weighted by Gasteiger charge is -2.41. The van der Waals surface area contributed by atoms with Crippen molar-refractivity contribution < 1.29 is 63.1 Å². The average Bonchev–Trinajstić information content (AvgIpc) is 3.10. The summed E-state index contributed by atoms with van der Waals surface area (Å²) in [6, 6.07) is 0. The molecular formula is C37H61O13P. The van der Waals surface area contributed by atoms with Crippen LogP contribution in [-0.4, -0.2) is 98.3 Å². The van der Waals surface area contributed by atoms with Gasteiger partial charge >= 0.3 is 19.8 Å². The topological polar surface area (TPSA) is 210 Å². The zero-order chi connectivity index (χ0) is 37.9. The van der Waals surface area contributed by atoms with Gasteiger partial charge in [0.2, 0.25) is 0 Å². The fraction of sp³-hybridized carbons (Fsp3) is 0.676. The van der Waals surface area contributed by atoms with Crippen LogP contribution in [0.25, 0.3) is 0 Å². The van der Waals surface area contributed by atoms with E-state index in [1.54, 1.807) is 0 Å². The van der Waals surface area contributed by atoms with Crippen molar-refractivity contribution in [3.8, 4) is 0 Å². The van der Waals surface area contributed by atoms with Crippen LogP contribution in [0.1, 0.15) is 104 Å². The Kier molecular flexibility index (Phi) is 25.7. The molecule has 1 saturated carbocycles. The van der Waals surface area contributed by atoms with Gasteiger partial charge in [0.25, 0.3) is 0 Å². The quantitative estimate of drug-likeness (QED) is 0.0282. The molecule has 0 aliphatic heterocycles. The van der Waals surface area contributed by atoms with Gasteiger partial charge in [-0.25, -0.2) is 4.57 Å². The molecule has 51 heavy (non-hydrogen) atoms. The number of ether oxygens (including phenoxy) is 2. The summed E-state index contributed by atoms with van der Waals surface area (Å²) in [7, 11) is -5.11. The van der Waals surface area contributed by atoms with Crippen LogP contribution in [-0.2, 0) is 32.7 Å². The van der Waals surface area contributed by atoms with E-state index in [0.29, 0.717) is 12.8 Å². The van der Waals surface area contributed by atoms with E-state index < -0.39 is 75.7 Å². The highest BCUT2D eigenvalue weighted by Crippen LogP contribution is 2.47. The third kappa shape index (κ3) is 21.6. The Morgan fingerprint density at radius 2 is 1.12 bits per heavy atom. The number of esters is 2. The molecule has 0 aromatic carbocycles. The predicted molar refractivity (Wildman–Crippen MR) is 193 cm³/mol. The molecule has 1 rings (SSSR count). The Morgan fingerprint density at radius 3 is 1.67 bits per heavy atom. The second kappa shape index (κ2) is 28.1. The molecule has 0 amide bonds. The van der Waals surface area contributed by atoms with Crippen LogP contribution in [0.5, 0.6) is 0 Å². The first-order chi connectivity index (χ1) is 24.4. The number of allylic oxidation sites excluding steroid dienone is 10. The van der Waals surface area contributed by atoms with Crippen molar-refractivity contribution >= 4 is 19.8 Å². The summed E-state index contributed by atoms with van der Waals surface area (Å²) in [6.45, 7) is 2.89. The first-order valence-electron chi connectivity index (χ1n) is 18.1. The SMILES string of the molecule is CC/C=C\C/C=C\C/C=C\C/C=C\C/C=C\CCCCCC(=O)OC(COC(=O)CCCCC)COP(=O)(O)OC1C(O)C(O)C(O)C(O)C1O. The zero-order valence-electron chi connectivity index (χ0n) is 30.1. The van der Waals surface area contributed by atoms with Gasteiger partial charge in [-0.3, -0.25) is 18.6 Å². The van der Waals surface area contributed by atoms with Gasteiger partial charge in [-0.1, -0.05) is 93.9 Å². The third-order valence-corrected chi connectivity index (χ3v) is 8.86. The van der Waals surface area contributed by atoms with E-state index in [9.17, 15) is 44.6 Å². The maximum Gasteiger partial charge on any atom is 0.472 e. The monoisotopic (exact) mass is 744 g/mol. The largest absolute Gasteiger partial charge is 0.472 e. The molecule has 1 fully saturated rings. The molecule has 0 spiro atoms. The number of rotatable bonds is 27. The molecule has 6 N–H and O–H groups in total. The van der Waals surface area contributed by atoms with E-state index in [0.717, 1.165) is 64.2 Å². The van der Waals surface area contributed by atoms with E-state index in [1.807, 2.05) is 6.92 Å². The van der Waals surface area contributed by atoms with Crippen LogP contribution in [0.15, 0.2) is 60.8 Å². The first kappa shape index (κ1) is 46.6. The summed E-state index contributed by atoms with van der Waals surface area (Å²) in [6.07, 6.45) is 18.4. The minimum atomic E-state index is -5.11. The number of phosphoric acid groups is 1. The van der Waals surface area contributed by atoms with Gasteiger partial charge in [-0.2, -0.15) is 0 Å². The van der Waals surface area contributed by atoms with Crippen molar-refractivity contribution in [3.63, 3.8) is 0 Å². The Hall–Kier alpha value is -2.45. The molecular weight excluding hydrogens is 683 g/mol. The molecule has 0 bridgehead atoms. The Balaban J connectivity index is 2.46. The van der Waals surface area contributed by atoms with Crippen LogP contribution in [0.4, 0.5) is 0 Å². The minimum absolute atomic E-state index is 0.0540. The van der Waals surface area contributed by atoms with Crippen molar-refractivity contribution in [1.82, 2.24) is 0 Å². The summed E-state index contributed by atoms with van der Waals surface area (Å²) in [4.78, 5) is 34.9. The summed E-state index contributed by atoms with van der Waals surface area (Å²) < 4.78 is 32.9. The van der Waals surface area contributed by atoms with Crippen LogP contribution >= 0.6 is 7.82 Å². The normalized spacial score (nSPS) is 24.6. The van der Waals surface area contributed by atoms with Gasteiger partial charge in [0.1, 0.15) is 43.2 Å². The number of aliphatic hydroxyl groups excluding tert-OH is 5. The number of carbonyl (C=O) groups excluding carboxylic acids is 2. The Bertz CT molecular complexity index is 1140. The second-order valence-corrected chi connectivity index (χ2v) is 13.8. The van der Waals surface area contributed by atoms with Crippen molar-refractivity contribution in [2.75, 3.05) is 13.2 Å². The van der Waals surface area contributed by atoms with E-state index in [-0.39, 0.29) is 12.8 Å². The number of carbonyl (C=O) groups is 2. The van der Waals surface area contributed by atoms with Crippen LogP contribution in [0.3, 0.4) is 0 Å². The van der Waals surface area contributed by atoms with Crippen molar-refractivity contribution in [2.24, 2.45) is 0 Å². The highest BCUT2D eigenvalue weighted by atomic mass is 31.2. The molecule has 6 atom stereocenters. The molecule has 0 heterocycles. The summed E-state index contributed by atoms with van der Waals surface area (Å²) in [5.74, 6) is -1.18. The Morgan fingerprint density at radius 1 is 0.627 bits per heavy atom. The number of unbranched alkanes of at least 4 members (excludes halogenated alkanes) is 5. The average molecular weight is 745 g/mol. The fourth-order valence-corrected chi connectivity index (χ4v) is 5.87. The lowest BCUT2D eigenvalue weighted by Crippen LogP contribution is -2.64. The lowest BCUT2D eigenvalue weighted by molar-refractivity contribution is -0.220. The standard InChI is InChI=1S/C37H61O13P/c1-3-5-7-8-9-10-11-12-13-14-15-16-17-18-19-20-21-22-24-26-31(39)49-29(27-47-30(38)25-23-6-4-2)28-48-51(45,46)50-37-35(43)33(41)32(40)34(42)36(37)44/h5,7,9-10,12-13,15-16,18-19,29,32-37,40-44H,3-4,6,8,11,14,17,20-28H2,1-2H3,(H,45,46)/b7-5-,10-9-,13-12-,16-15-,19-18-. The molecule has 0 saturated heterocycles. The molecule has 13 nitrogen and oxygen atoms in total. The molecule has 1 aliphatic rings. The predicted octanol–water partition coefficient (Wildman–Crippen LogP) is 5.04. The Labute approximate surface area is 303 Å². The van der Waals surface area contributed by atoms with Crippen molar-refractivity contribution in [2.45, 2.75) is 146 Å². The molecule has 6 unspecified atom stereocenters. The van der Waals surface area contributed by atoms with Gasteiger partial charge in [-0.15, -0.1) is 0 Å². The molecule has 0 aromatic heterocycles. The highest BCUT2D eigenvalue weighted by Gasteiger charge is 2.51. The number of aliphatic hydroxyl groups is 5. The maximum absolute atomic E-state index is 12.6. The minimum Gasteiger partial charge on any atom is -0.462 e. The van der Waals surface area contributed by atoms with E-state index in [2.05, 4.69) is 67.7 Å². The number of phosphoric ester groups is 1. The number of hydrogen-bond acceptors (Lipinski definition) is 12. The lowest BCUT2D eigenvalue weighted by atomic mass is 9.85. The molecule has 0 aromatic rings. The summed E-state index contributed by atoms with van der Waals surface area (Å²) in [5, 5.41) is 49.6. The van der Waals surface area contributed by atoms with Crippen LogP contribution in [0.2, 0.25) is 0 Å². The van der Waals surface area contributed by atoms with Crippen molar-refractivity contribution in [3.05, 3.63) is 60.8 Å². The van der Waals surface area contributed by atoms with Gasteiger partial charge < -0.3 is 39.9 Å². The molecule has 1 aliphatic carbocycles. The summed E-state index contributed by atoms with van der Waals surface area (Å²) >= 11 is 0. The van der Waals surface area contributed by atoms with Crippen LogP contribution in [0, 0.1) is 0 Å². The van der Waals surface area contributed by atoms with Gasteiger partial charge in [0.15, 0.2) is 6.10 Å². The van der Waals surface area contributed by atoms with Crippen LogP contribution < -0.4 is 0 Å². The smallest absolute Gasteiger partial charge is 0.462 e. The number of hydrogen-bond donors (Lipinski definition) is 6. The molecule has 292 valence electrons. The third-order valence-electron chi connectivity index (χ3n) is 7.87. The molecule has 0 radical (unpaired) electrons. The van der Waals surface area contributed by atoms with E-state index in [1.165, 1.54) is 0 Å². The highest BCUT2D eigenvalue weighted by molar-refractivity contribution is 7.47. The summed E-state index contributed by atoms with van der Waals surface area (Å²) in [5.41, 5.74) is 0. The second-order valence-electron chi connectivity index (χ2n) is 12.3. The molecule has 14 heteroatoms.